The van der Waals surface area contributed by atoms with E-state index in [0.29, 0.717) is 12.1 Å². The molecule has 3 heteroatoms. The summed E-state index contributed by atoms with van der Waals surface area (Å²) in [5.41, 5.74) is 1.36. The first kappa shape index (κ1) is 14.0. The Morgan fingerprint density at radius 1 is 1.33 bits per heavy atom. The van der Waals surface area contributed by atoms with E-state index in [4.69, 9.17) is 4.74 Å². The number of benzene rings is 1. The first-order valence-electron chi connectivity index (χ1n) is 6.78. The lowest BCUT2D eigenvalue weighted by Gasteiger charge is -2.27. The van der Waals surface area contributed by atoms with E-state index in [2.05, 4.69) is 52.4 Å². The molecule has 1 aliphatic rings. The van der Waals surface area contributed by atoms with Crippen molar-refractivity contribution in [1.29, 1.82) is 0 Å². The average molecular weight is 312 g/mol. The Morgan fingerprint density at radius 3 is 2.50 bits per heavy atom. The molecule has 1 fully saturated rings. The van der Waals surface area contributed by atoms with Crippen LogP contribution in [0.1, 0.15) is 25.3 Å². The fourth-order valence-corrected chi connectivity index (χ4v) is 2.72. The second-order valence-electron chi connectivity index (χ2n) is 4.98. The Bertz CT molecular complexity index is 361. The molecule has 2 rings (SSSR count). The predicted octanol–water partition coefficient (Wildman–Crippen LogP) is 3.39. The van der Waals surface area contributed by atoms with Gasteiger partial charge in [-0.1, -0.05) is 28.1 Å². The summed E-state index contributed by atoms with van der Waals surface area (Å²) in [6.45, 7) is 2.89. The number of ether oxygens (including phenoxy) is 1. The van der Waals surface area contributed by atoms with E-state index in [1.165, 1.54) is 18.4 Å². The van der Waals surface area contributed by atoms with Gasteiger partial charge >= 0.3 is 0 Å². The minimum atomic E-state index is 0.364. The molecule has 0 saturated heterocycles. The van der Waals surface area contributed by atoms with E-state index in [9.17, 15) is 0 Å². The van der Waals surface area contributed by atoms with E-state index in [1.807, 2.05) is 7.05 Å². The van der Waals surface area contributed by atoms with Crippen LogP contribution < -0.4 is 5.32 Å². The average Bonchev–Trinajstić information content (AvgIpc) is 3.20. The molecule has 0 amide bonds. The molecule has 100 valence electrons. The molecule has 2 nitrogen and oxygen atoms in total. The van der Waals surface area contributed by atoms with Crippen molar-refractivity contribution in [1.82, 2.24) is 5.32 Å². The lowest BCUT2D eigenvalue weighted by molar-refractivity contribution is 0.0211. The molecule has 0 bridgehead atoms. The first-order chi connectivity index (χ1) is 8.74. The summed E-state index contributed by atoms with van der Waals surface area (Å²) in [7, 11) is 2.04. The predicted molar refractivity (Wildman–Crippen MR) is 78.8 cm³/mol. The summed E-state index contributed by atoms with van der Waals surface area (Å²) >= 11 is 3.48. The molecule has 0 heterocycles. The van der Waals surface area contributed by atoms with E-state index >= 15 is 0 Å². The zero-order valence-corrected chi connectivity index (χ0v) is 12.7. The van der Waals surface area contributed by atoms with E-state index < -0.39 is 0 Å². The van der Waals surface area contributed by atoms with Gasteiger partial charge in [0.2, 0.25) is 0 Å². The monoisotopic (exact) mass is 311 g/mol. The summed E-state index contributed by atoms with van der Waals surface area (Å²) in [6, 6.07) is 9.00. The molecule has 1 aliphatic carbocycles. The topological polar surface area (TPSA) is 21.3 Å². The van der Waals surface area contributed by atoms with Gasteiger partial charge in [-0.2, -0.15) is 0 Å². The number of hydrogen-bond acceptors (Lipinski definition) is 2. The maximum absolute atomic E-state index is 5.94. The van der Waals surface area contributed by atoms with Gasteiger partial charge < -0.3 is 10.1 Å². The Kier molecular flexibility index (Phi) is 5.22. The molecular formula is C15H22BrNO. The molecule has 0 aromatic heterocycles. The normalized spacial score (nSPS) is 18.6. The third-order valence-corrected chi connectivity index (χ3v) is 4.11. The summed E-state index contributed by atoms with van der Waals surface area (Å²) in [5.74, 6) is 0.762. The molecular weight excluding hydrogens is 290 g/mol. The fourth-order valence-electron chi connectivity index (χ4n) is 2.45. The smallest absolute Gasteiger partial charge is 0.0759 e. The molecule has 18 heavy (non-hydrogen) atoms. The van der Waals surface area contributed by atoms with Crippen molar-refractivity contribution in [3.63, 3.8) is 0 Å². The highest BCUT2D eigenvalue weighted by atomic mass is 79.9. The Morgan fingerprint density at radius 2 is 2.00 bits per heavy atom. The Labute approximate surface area is 118 Å². The van der Waals surface area contributed by atoms with Crippen LogP contribution in [0.3, 0.4) is 0 Å². The van der Waals surface area contributed by atoms with Gasteiger partial charge in [-0.05, 0) is 56.8 Å². The summed E-state index contributed by atoms with van der Waals surface area (Å²) in [6.07, 6.45) is 4.04. The van der Waals surface area contributed by atoms with Crippen molar-refractivity contribution in [2.24, 2.45) is 5.92 Å². The van der Waals surface area contributed by atoms with Crippen molar-refractivity contribution in [2.45, 2.75) is 38.3 Å². The molecule has 1 aromatic carbocycles. The highest BCUT2D eigenvalue weighted by Gasteiger charge is 2.36. The van der Waals surface area contributed by atoms with Gasteiger partial charge in [-0.15, -0.1) is 0 Å². The maximum Gasteiger partial charge on any atom is 0.0759 e. The second kappa shape index (κ2) is 6.69. The summed E-state index contributed by atoms with van der Waals surface area (Å²) < 4.78 is 7.08. The van der Waals surface area contributed by atoms with Gasteiger partial charge in [0.25, 0.3) is 0 Å². The van der Waals surface area contributed by atoms with Crippen molar-refractivity contribution in [3.05, 3.63) is 34.3 Å². The molecule has 0 aliphatic heterocycles. The zero-order chi connectivity index (χ0) is 13.0. The number of rotatable bonds is 7. The van der Waals surface area contributed by atoms with Crippen LogP contribution in [0.4, 0.5) is 0 Å². The lowest BCUT2D eigenvalue weighted by atomic mass is 9.98. The van der Waals surface area contributed by atoms with E-state index in [0.717, 1.165) is 23.4 Å². The SMILES string of the molecule is CCOC(C1CC1)C(Cc1ccc(Br)cc1)NC. The summed E-state index contributed by atoms with van der Waals surface area (Å²) in [4.78, 5) is 0. The van der Waals surface area contributed by atoms with Crippen LogP contribution >= 0.6 is 15.9 Å². The van der Waals surface area contributed by atoms with Gasteiger partial charge in [0.15, 0.2) is 0 Å². The highest BCUT2D eigenvalue weighted by Crippen LogP contribution is 2.36. The highest BCUT2D eigenvalue weighted by molar-refractivity contribution is 9.10. The van der Waals surface area contributed by atoms with Gasteiger partial charge in [0.05, 0.1) is 6.10 Å². The number of likely N-dealkylation sites (N-methyl/N-ethyl adjacent to an activating group) is 1. The van der Waals surface area contributed by atoms with Gasteiger partial charge in [-0.3, -0.25) is 0 Å². The van der Waals surface area contributed by atoms with Crippen molar-refractivity contribution >= 4 is 15.9 Å². The quantitative estimate of drug-likeness (QED) is 0.833. The molecule has 0 radical (unpaired) electrons. The number of halogens is 1. The van der Waals surface area contributed by atoms with Crippen LogP contribution in [-0.2, 0) is 11.2 Å². The fraction of sp³-hybridized carbons (Fsp3) is 0.600. The van der Waals surface area contributed by atoms with Crippen LogP contribution in [-0.4, -0.2) is 25.8 Å². The molecule has 2 unspecified atom stereocenters. The largest absolute Gasteiger partial charge is 0.377 e. The second-order valence-corrected chi connectivity index (χ2v) is 5.90. The van der Waals surface area contributed by atoms with Crippen molar-refractivity contribution < 1.29 is 4.74 Å². The lowest BCUT2D eigenvalue weighted by Crippen LogP contribution is -2.42. The molecule has 1 aromatic rings. The molecule has 0 spiro atoms. The standard InChI is InChI=1S/C15H22BrNO/c1-3-18-15(12-6-7-12)14(17-2)10-11-4-8-13(16)9-5-11/h4-5,8-9,12,14-15,17H,3,6-7,10H2,1-2H3. The van der Waals surface area contributed by atoms with Crippen LogP contribution in [0.15, 0.2) is 28.7 Å². The van der Waals surface area contributed by atoms with Crippen LogP contribution in [0.25, 0.3) is 0 Å². The minimum absolute atomic E-state index is 0.364. The summed E-state index contributed by atoms with van der Waals surface area (Å²) in [5, 5.41) is 3.43. The van der Waals surface area contributed by atoms with Gasteiger partial charge in [0.1, 0.15) is 0 Å². The van der Waals surface area contributed by atoms with Crippen LogP contribution in [0.2, 0.25) is 0 Å². The molecule has 2 atom stereocenters. The van der Waals surface area contributed by atoms with Crippen molar-refractivity contribution in [2.75, 3.05) is 13.7 Å². The third-order valence-electron chi connectivity index (χ3n) is 3.58. The Balaban J connectivity index is 2.00. The van der Waals surface area contributed by atoms with Gasteiger partial charge in [0, 0.05) is 17.1 Å². The van der Waals surface area contributed by atoms with E-state index in [-0.39, 0.29) is 0 Å². The number of hydrogen-bond donors (Lipinski definition) is 1. The van der Waals surface area contributed by atoms with Crippen molar-refractivity contribution in [3.8, 4) is 0 Å². The maximum atomic E-state index is 5.94. The zero-order valence-electron chi connectivity index (χ0n) is 11.2. The minimum Gasteiger partial charge on any atom is -0.377 e. The van der Waals surface area contributed by atoms with Gasteiger partial charge in [-0.25, -0.2) is 0 Å². The molecule has 1 saturated carbocycles. The van der Waals surface area contributed by atoms with Crippen LogP contribution in [0, 0.1) is 5.92 Å². The van der Waals surface area contributed by atoms with E-state index in [1.54, 1.807) is 0 Å². The Hall–Kier alpha value is -0.380. The first-order valence-corrected chi connectivity index (χ1v) is 7.57. The third kappa shape index (κ3) is 3.81. The molecule has 1 N–H and O–H groups in total. The van der Waals surface area contributed by atoms with Crippen LogP contribution in [0.5, 0.6) is 0 Å². The number of nitrogens with one attached hydrogen (secondary N) is 1.